The van der Waals surface area contributed by atoms with Crippen molar-refractivity contribution in [2.24, 2.45) is 0 Å². The summed E-state index contributed by atoms with van der Waals surface area (Å²) in [4.78, 5) is 24.6. The standard InChI is InChI=1S/C22H27NO4/c1-6-26-22(25)18-11-9-12-19(15(18)4)23-21(24)16(5)27-20-13-8-7-10-17(20)14(2)3/h7-14,16H,6H2,1-5H3,(H,23,24)/t16-/m1/s1. The first-order valence-corrected chi connectivity index (χ1v) is 9.18. The van der Waals surface area contributed by atoms with Crippen LogP contribution < -0.4 is 10.1 Å². The number of rotatable bonds is 7. The molecule has 0 heterocycles. The minimum atomic E-state index is -0.685. The molecule has 5 heteroatoms. The van der Waals surface area contributed by atoms with Crippen LogP contribution in [0, 0.1) is 6.92 Å². The fourth-order valence-corrected chi connectivity index (χ4v) is 2.74. The van der Waals surface area contributed by atoms with Gasteiger partial charge in [-0.2, -0.15) is 0 Å². The molecule has 2 rings (SSSR count). The van der Waals surface area contributed by atoms with Crippen molar-refractivity contribution in [2.45, 2.75) is 46.6 Å². The van der Waals surface area contributed by atoms with Crippen LogP contribution in [0.5, 0.6) is 5.75 Å². The zero-order valence-corrected chi connectivity index (χ0v) is 16.5. The lowest BCUT2D eigenvalue weighted by molar-refractivity contribution is -0.122. The fourth-order valence-electron chi connectivity index (χ4n) is 2.74. The molecule has 1 N–H and O–H groups in total. The van der Waals surface area contributed by atoms with Gasteiger partial charge in [-0.1, -0.05) is 38.1 Å². The molecule has 0 aromatic heterocycles. The van der Waals surface area contributed by atoms with E-state index in [0.717, 1.165) is 5.56 Å². The van der Waals surface area contributed by atoms with Crippen LogP contribution in [-0.2, 0) is 9.53 Å². The summed E-state index contributed by atoms with van der Waals surface area (Å²) in [6.45, 7) is 9.70. The molecule has 1 amide bonds. The van der Waals surface area contributed by atoms with Crippen molar-refractivity contribution in [1.29, 1.82) is 0 Å². The van der Waals surface area contributed by atoms with Crippen LogP contribution in [0.4, 0.5) is 5.69 Å². The summed E-state index contributed by atoms with van der Waals surface area (Å²) in [5.74, 6) is 0.311. The SMILES string of the molecule is CCOC(=O)c1cccc(NC(=O)[C@@H](C)Oc2ccccc2C(C)C)c1C. The maximum absolute atomic E-state index is 12.6. The number of esters is 1. The van der Waals surface area contributed by atoms with E-state index in [2.05, 4.69) is 19.2 Å². The summed E-state index contributed by atoms with van der Waals surface area (Å²) in [7, 11) is 0. The molecular weight excluding hydrogens is 342 g/mol. The predicted molar refractivity (Wildman–Crippen MR) is 106 cm³/mol. The molecular formula is C22H27NO4. The lowest BCUT2D eigenvalue weighted by Crippen LogP contribution is -2.31. The Morgan fingerprint density at radius 1 is 1.04 bits per heavy atom. The smallest absolute Gasteiger partial charge is 0.338 e. The van der Waals surface area contributed by atoms with Gasteiger partial charge in [0.25, 0.3) is 5.91 Å². The molecule has 1 atom stereocenters. The lowest BCUT2D eigenvalue weighted by Gasteiger charge is -2.19. The van der Waals surface area contributed by atoms with E-state index in [4.69, 9.17) is 9.47 Å². The minimum absolute atomic E-state index is 0.280. The second kappa shape index (κ2) is 9.21. The molecule has 2 aromatic carbocycles. The van der Waals surface area contributed by atoms with Crippen molar-refractivity contribution in [3.05, 3.63) is 59.2 Å². The van der Waals surface area contributed by atoms with Crippen LogP contribution in [-0.4, -0.2) is 24.6 Å². The van der Waals surface area contributed by atoms with Gasteiger partial charge in [-0.3, -0.25) is 4.79 Å². The largest absolute Gasteiger partial charge is 0.481 e. The Kier molecular flexibility index (Phi) is 6.99. The lowest BCUT2D eigenvalue weighted by atomic mass is 10.0. The maximum Gasteiger partial charge on any atom is 0.338 e. The highest BCUT2D eigenvalue weighted by Crippen LogP contribution is 2.27. The number of carbonyl (C=O) groups is 2. The number of para-hydroxylation sites is 1. The fraction of sp³-hybridized carbons (Fsp3) is 0.364. The Morgan fingerprint density at radius 3 is 2.41 bits per heavy atom. The summed E-state index contributed by atoms with van der Waals surface area (Å²) < 4.78 is 10.9. The first kappa shape index (κ1) is 20.5. The maximum atomic E-state index is 12.6. The van der Waals surface area contributed by atoms with Crippen molar-refractivity contribution >= 4 is 17.6 Å². The molecule has 0 aliphatic heterocycles. The molecule has 0 unspecified atom stereocenters. The Morgan fingerprint density at radius 2 is 1.74 bits per heavy atom. The van der Waals surface area contributed by atoms with Crippen LogP contribution >= 0.6 is 0 Å². The highest BCUT2D eigenvalue weighted by Gasteiger charge is 2.19. The number of carbonyl (C=O) groups excluding carboxylic acids is 2. The summed E-state index contributed by atoms with van der Waals surface area (Å²) in [6, 6.07) is 12.9. The topological polar surface area (TPSA) is 64.6 Å². The summed E-state index contributed by atoms with van der Waals surface area (Å²) in [5.41, 5.74) is 2.73. The molecule has 0 radical (unpaired) electrons. The van der Waals surface area contributed by atoms with Gasteiger partial charge in [-0.15, -0.1) is 0 Å². The van der Waals surface area contributed by atoms with E-state index in [-0.39, 0.29) is 5.91 Å². The summed E-state index contributed by atoms with van der Waals surface area (Å²) >= 11 is 0. The van der Waals surface area contributed by atoms with Gasteiger partial charge in [0.1, 0.15) is 5.75 Å². The average Bonchev–Trinajstić information content (AvgIpc) is 2.63. The molecule has 2 aromatic rings. The molecule has 144 valence electrons. The number of amides is 1. The van der Waals surface area contributed by atoms with E-state index in [0.29, 0.717) is 35.1 Å². The third-order valence-corrected chi connectivity index (χ3v) is 4.30. The third-order valence-electron chi connectivity index (χ3n) is 4.30. The Labute approximate surface area is 160 Å². The number of anilines is 1. The van der Waals surface area contributed by atoms with E-state index in [1.165, 1.54) is 0 Å². The van der Waals surface area contributed by atoms with Gasteiger partial charge in [0.2, 0.25) is 0 Å². The molecule has 5 nitrogen and oxygen atoms in total. The molecule has 0 saturated carbocycles. The molecule has 0 aliphatic carbocycles. The van der Waals surface area contributed by atoms with Crippen LogP contribution in [0.3, 0.4) is 0 Å². The molecule has 0 aliphatic rings. The van der Waals surface area contributed by atoms with Crippen molar-refractivity contribution in [2.75, 3.05) is 11.9 Å². The second-order valence-electron chi connectivity index (χ2n) is 6.64. The van der Waals surface area contributed by atoms with Crippen LogP contribution in [0.2, 0.25) is 0 Å². The molecule has 0 saturated heterocycles. The van der Waals surface area contributed by atoms with Gasteiger partial charge >= 0.3 is 5.97 Å². The normalized spacial score (nSPS) is 11.8. The third kappa shape index (κ3) is 5.09. The summed E-state index contributed by atoms with van der Waals surface area (Å²) in [5, 5.41) is 2.84. The number of benzene rings is 2. The van der Waals surface area contributed by atoms with E-state index >= 15 is 0 Å². The Balaban J connectivity index is 2.13. The van der Waals surface area contributed by atoms with Gasteiger partial charge in [-0.25, -0.2) is 4.79 Å². The van der Waals surface area contributed by atoms with Crippen LogP contribution in [0.15, 0.2) is 42.5 Å². The highest BCUT2D eigenvalue weighted by molar-refractivity contribution is 5.98. The predicted octanol–water partition coefficient (Wildman–Crippen LogP) is 4.70. The van der Waals surface area contributed by atoms with Gasteiger partial charge in [0.05, 0.1) is 12.2 Å². The Bertz CT molecular complexity index is 814. The van der Waals surface area contributed by atoms with E-state index < -0.39 is 12.1 Å². The van der Waals surface area contributed by atoms with Crippen molar-refractivity contribution in [3.63, 3.8) is 0 Å². The first-order chi connectivity index (χ1) is 12.8. The molecule has 0 bridgehead atoms. The zero-order valence-electron chi connectivity index (χ0n) is 16.5. The minimum Gasteiger partial charge on any atom is -0.481 e. The van der Waals surface area contributed by atoms with Crippen molar-refractivity contribution < 1.29 is 19.1 Å². The number of ether oxygens (including phenoxy) is 2. The number of hydrogen-bond donors (Lipinski definition) is 1. The second-order valence-corrected chi connectivity index (χ2v) is 6.64. The monoisotopic (exact) mass is 369 g/mol. The molecule has 0 fully saturated rings. The average molecular weight is 369 g/mol. The van der Waals surface area contributed by atoms with Crippen LogP contribution in [0.1, 0.15) is 55.1 Å². The van der Waals surface area contributed by atoms with Crippen LogP contribution in [0.25, 0.3) is 0 Å². The van der Waals surface area contributed by atoms with E-state index in [9.17, 15) is 9.59 Å². The number of hydrogen-bond acceptors (Lipinski definition) is 4. The zero-order chi connectivity index (χ0) is 20.0. The van der Waals surface area contributed by atoms with Gasteiger partial charge in [0.15, 0.2) is 6.10 Å². The van der Waals surface area contributed by atoms with E-state index in [1.807, 2.05) is 24.3 Å². The Hall–Kier alpha value is -2.82. The van der Waals surface area contributed by atoms with Crippen molar-refractivity contribution in [1.82, 2.24) is 0 Å². The van der Waals surface area contributed by atoms with Gasteiger partial charge in [0, 0.05) is 5.69 Å². The number of nitrogens with one attached hydrogen (secondary N) is 1. The summed E-state index contributed by atoms with van der Waals surface area (Å²) in [6.07, 6.45) is -0.685. The van der Waals surface area contributed by atoms with Gasteiger partial charge in [-0.05, 0) is 56.0 Å². The first-order valence-electron chi connectivity index (χ1n) is 9.18. The highest BCUT2D eigenvalue weighted by atomic mass is 16.5. The molecule has 27 heavy (non-hydrogen) atoms. The molecule has 0 spiro atoms. The quantitative estimate of drug-likeness (QED) is 0.719. The van der Waals surface area contributed by atoms with E-state index in [1.54, 1.807) is 39.0 Å². The van der Waals surface area contributed by atoms with Crippen molar-refractivity contribution in [3.8, 4) is 5.75 Å². The van der Waals surface area contributed by atoms with Gasteiger partial charge < -0.3 is 14.8 Å².